The fourth-order valence-corrected chi connectivity index (χ4v) is 1.74. The second-order valence-electron chi connectivity index (χ2n) is 4.27. The molecule has 1 N–H and O–H groups in total. The molecule has 0 spiro atoms. The summed E-state index contributed by atoms with van der Waals surface area (Å²) in [6.45, 7) is 0.511. The number of hydrogen-bond acceptors (Lipinski definition) is 4. The molecule has 0 fully saturated rings. The molecule has 0 saturated carbocycles. The summed E-state index contributed by atoms with van der Waals surface area (Å²) in [5.41, 5.74) is 0.709. The summed E-state index contributed by atoms with van der Waals surface area (Å²) in [4.78, 5) is 28.2. The standard InChI is InChI=1S/C15H14N2O4/c18-14(6-7-15(19)20)17(11-13-5-3-9-21-13)10-12-4-1-2-8-16-12/h1-9H,10-11H2,(H,19,20). The quantitative estimate of drug-likeness (QED) is 0.819. The molecule has 6 nitrogen and oxygen atoms in total. The van der Waals surface area contributed by atoms with Crippen molar-refractivity contribution in [3.05, 3.63) is 66.4 Å². The van der Waals surface area contributed by atoms with Crippen LogP contribution in [0, 0.1) is 0 Å². The van der Waals surface area contributed by atoms with Crippen molar-refractivity contribution in [2.45, 2.75) is 13.1 Å². The fraction of sp³-hybridized carbons (Fsp3) is 0.133. The Morgan fingerprint density at radius 3 is 2.67 bits per heavy atom. The molecule has 1 amide bonds. The van der Waals surface area contributed by atoms with Gasteiger partial charge in [-0.05, 0) is 24.3 Å². The maximum absolute atomic E-state index is 12.1. The molecule has 0 unspecified atom stereocenters. The van der Waals surface area contributed by atoms with Crippen LogP contribution in [0.4, 0.5) is 0 Å². The summed E-state index contributed by atoms with van der Waals surface area (Å²) in [6, 6.07) is 8.88. The summed E-state index contributed by atoms with van der Waals surface area (Å²) >= 11 is 0. The number of hydrogen-bond donors (Lipinski definition) is 1. The molecule has 2 aromatic heterocycles. The van der Waals surface area contributed by atoms with Gasteiger partial charge >= 0.3 is 5.97 Å². The third-order valence-corrected chi connectivity index (χ3v) is 2.69. The van der Waals surface area contributed by atoms with Gasteiger partial charge in [-0.2, -0.15) is 0 Å². The lowest BCUT2D eigenvalue weighted by Crippen LogP contribution is -2.28. The first-order chi connectivity index (χ1) is 10.1. The number of rotatable bonds is 6. The molecule has 21 heavy (non-hydrogen) atoms. The smallest absolute Gasteiger partial charge is 0.328 e. The molecule has 2 heterocycles. The number of carbonyl (C=O) groups excluding carboxylic acids is 1. The second-order valence-corrected chi connectivity index (χ2v) is 4.27. The third-order valence-electron chi connectivity index (χ3n) is 2.69. The van der Waals surface area contributed by atoms with Gasteiger partial charge in [0.25, 0.3) is 0 Å². The molecule has 108 valence electrons. The van der Waals surface area contributed by atoms with Crippen LogP contribution in [0.5, 0.6) is 0 Å². The van der Waals surface area contributed by atoms with Gasteiger partial charge in [-0.25, -0.2) is 4.79 Å². The highest BCUT2D eigenvalue weighted by atomic mass is 16.4. The molecule has 0 bridgehead atoms. The minimum absolute atomic E-state index is 0.242. The molecular weight excluding hydrogens is 272 g/mol. The van der Waals surface area contributed by atoms with E-state index in [1.807, 2.05) is 6.07 Å². The first-order valence-corrected chi connectivity index (χ1v) is 6.27. The summed E-state index contributed by atoms with van der Waals surface area (Å²) in [5.74, 6) is -0.971. The van der Waals surface area contributed by atoms with Crippen molar-refractivity contribution in [1.29, 1.82) is 0 Å². The number of carboxylic acid groups (broad SMARTS) is 1. The molecule has 2 rings (SSSR count). The number of aliphatic carboxylic acids is 1. The number of carbonyl (C=O) groups is 2. The first kappa shape index (κ1) is 14.5. The molecule has 2 aromatic rings. The van der Waals surface area contributed by atoms with Gasteiger partial charge < -0.3 is 14.4 Å². The Labute approximate surface area is 121 Å². The van der Waals surface area contributed by atoms with Gasteiger partial charge in [-0.15, -0.1) is 0 Å². The number of pyridine rings is 1. The van der Waals surface area contributed by atoms with Gasteiger partial charge in [0.05, 0.1) is 25.0 Å². The highest BCUT2D eigenvalue weighted by Crippen LogP contribution is 2.10. The molecule has 6 heteroatoms. The summed E-state index contributed by atoms with van der Waals surface area (Å²) < 4.78 is 5.22. The fourth-order valence-electron chi connectivity index (χ4n) is 1.74. The molecule has 0 saturated heterocycles. The van der Waals surface area contributed by atoms with E-state index in [1.54, 1.807) is 30.5 Å². The maximum Gasteiger partial charge on any atom is 0.328 e. The summed E-state index contributed by atoms with van der Waals surface area (Å²) in [5, 5.41) is 8.60. The normalized spacial score (nSPS) is 10.7. The van der Waals surface area contributed by atoms with Gasteiger partial charge in [0.2, 0.25) is 5.91 Å². The Balaban J connectivity index is 2.13. The zero-order valence-electron chi connectivity index (χ0n) is 11.2. The van der Waals surface area contributed by atoms with E-state index in [4.69, 9.17) is 9.52 Å². The monoisotopic (exact) mass is 286 g/mol. The Hall–Kier alpha value is -2.89. The maximum atomic E-state index is 12.1. The topological polar surface area (TPSA) is 83.6 Å². The van der Waals surface area contributed by atoms with E-state index >= 15 is 0 Å². The Bertz CT molecular complexity index is 620. The number of amides is 1. The Morgan fingerprint density at radius 2 is 2.05 bits per heavy atom. The minimum atomic E-state index is -1.17. The van der Waals surface area contributed by atoms with E-state index in [0.717, 1.165) is 12.2 Å². The van der Waals surface area contributed by atoms with Gasteiger partial charge in [0.15, 0.2) is 0 Å². The van der Waals surface area contributed by atoms with Crippen LogP contribution in [0.15, 0.2) is 59.4 Å². The van der Waals surface area contributed by atoms with Crippen LogP contribution >= 0.6 is 0 Å². The van der Waals surface area contributed by atoms with Gasteiger partial charge in [-0.3, -0.25) is 9.78 Å². The lowest BCUT2D eigenvalue weighted by Gasteiger charge is -2.19. The molecule has 0 aliphatic carbocycles. The van der Waals surface area contributed by atoms with E-state index in [-0.39, 0.29) is 13.1 Å². The second kappa shape index (κ2) is 7.04. The van der Waals surface area contributed by atoms with E-state index < -0.39 is 11.9 Å². The number of nitrogens with zero attached hydrogens (tertiary/aromatic N) is 2. The van der Waals surface area contributed by atoms with E-state index in [0.29, 0.717) is 11.5 Å². The van der Waals surface area contributed by atoms with Crippen molar-refractivity contribution in [2.24, 2.45) is 0 Å². The minimum Gasteiger partial charge on any atom is -0.478 e. The highest BCUT2D eigenvalue weighted by molar-refractivity contribution is 5.93. The zero-order chi connectivity index (χ0) is 15.1. The van der Waals surface area contributed by atoms with E-state index in [2.05, 4.69) is 4.98 Å². The highest BCUT2D eigenvalue weighted by Gasteiger charge is 2.14. The summed E-state index contributed by atoms with van der Waals surface area (Å²) in [6.07, 6.45) is 4.99. The lowest BCUT2D eigenvalue weighted by molar-refractivity contribution is -0.132. The molecule has 0 aliphatic heterocycles. The lowest BCUT2D eigenvalue weighted by atomic mass is 10.3. The van der Waals surface area contributed by atoms with Crippen molar-refractivity contribution in [3.63, 3.8) is 0 Å². The number of aromatic nitrogens is 1. The van der Waals surface area contributed by atoms with E-state index in [9.17, 15) is 9.59 Å². The largest absolute Gasteiger partial charge is 0.478 e. The molecule has 0 aliphatic rings. The third kappa shape index (κ3) is 4.61. The predicted molar refractivity (Wildman–Crippen MR) is 74.0 cm³/mol. The van der Waals surface area contributed by atoms with Crippen LogP contribution in [-0.2, 0) is 22.7 Å². The van der Waals surface area contributed by atoms with Gasteiger partial charge in [0.1, 0.15) is 5.76 Å². The van der Waals surface area contributed by atoms with Crippen molar-refractivity contribution in [2.75, 3.05) is 0 Å². The van der Waals surface area contributed by atoms with Crippen LogP contribution in [0.3, 0.4) is 0 Å². The van der Waals surface area contributed by atoms with Crippen molar-refractivity contribution in [3.8, 4) is 0 Å². The number of furan rings is 1. The predicted octanol–water partition coefficient (Wildman–Crippen LogP) is 1.84. The van der Waals surface area contributed by atoms with Gasteiger partial charge in [-0.1, -0.05) is 6.07 Å². The zero-order valence-corrected chi connectivity index (χ0v) is 11.2. The van der Waals surface area contributed by atoms with Crippen molar-refractivity contribution >= 4 is 11.9 Å². The molecular formula is C15H14N2O4. The molecule has 0 radical (unpaired) electrons. The van der Waals surface area contributed by atoms with Crippen LogP contribution in [0.1, 0.15) is 11.5 Å². The number of carboxylic acids is 1. The Kier molecular flexibility index (Phi) is 4.87. The van der Waals surface area contributed by atoms with Crippen LogP contribution in [0.2, 0.25) is 0 Å². The van der Waals surface area contributed by atoms with Crippen LogP contribution in [-0.4, -0.2) is 26.9 Å². The SMILES string of the molecule is O=C(O)C=CC(=O)N(Cc1ccccn1)Cc1ccco1. The molecule has 0 aromatic carbocycles. The average Bonchev–Trinajstić information content (AvgIpc) is 2.98. The average molecular weight is 286 g/mol. The van der Waals surface area contributed by atoms with Crippen LogP contribution < -0.4 is 0 Å². The van der Waals surface area contributed by atoms with E-state index in [1.165, 1.54) is 11.2 Å². The Morgan fingerprint density at radius 1 is 1.19 bits per heavy atom. The van der Waals surface area contributed by atoms with Crippen molar-refractivity contribution < 1.29 is 19.1 Å². The van der Waals surface area contributed by atoms with Crippen molar-refractivity contribution in [1.82, 2.24) is 9.88 Å². The molecule has 0 atom stereocenters. The summed E-state index contributed by atoms with van der Waals surface area (Å²) in [7, 11) is 0. The van der Waals surface area contributed by atoms with Crippen LogP contribution in [0.25, 0.3) is 0 Å². The van der Waals surface area contributed by atoms with Gasteiger partial charge in [0, 0.05) is 18.3 Å². The first-order valence-electron chi connectivity index (χ1n) is 6.27.